The van der Waals surface area contributed by atoms with Crippen molar-refractivity contribution in [2.45, 2.75) is 45.1 Å². The summed E-state index contributed by atoms with van der Waals surface area (Å²) in [6.45, 7) is 5.35. The molecule has 3 heteroatoms. The second kappa shape index (κ2) is 4.08. The van der Waals surface area contributed by atoms with Gasteiger partial charge in [0, 0.05) is 12.1 Å². The first kappa shape index (κ1) is 9.78. The Morgan fingerprint density at radius 1 is 1.50 bits per heavy atom. The zero-order chi connectivity index (χ0) is 9.03. The third kappa shape index (κ3) is 2.63. The molecule has 70 valence electrons. The summed E-state index contributed by atoms with van der Waals surface area (Å²) >= 11 is 5.15. The second-order valence-electron chi connectivity index (χ2n) is 3.80. The van der Waals surface area contributed by atoms with Crippen LogP contribution in [-0.4, -0.2) is 17.2 Å². The van der Waals surface area contributed by atoms with Crippen LogP contribution in [0.15, 0.2) is 0 Å². The zero-order valence-corrected chi connectivity index (χ0v) is 8.76. The fourth-order valence-corrected chi connectivity index (χ4v) is 1.74. The Bertz CT molecular complexity index is 164. The van der Waals surface area contributed by atoms with E-state index < -0.39 is 0 Å². The number of hydrogen-bond donors (Lipinski definition) is 2. The van der Waals surface area contributed by atoms with Crippen molar-refractivity contribution in [3.8, 4) is 0 Å². The summed E-state index contributed by atoms with van der Waals surface area (Å²) in [4.78, 5) is 0. The van der Waals surface area contributed by atoms with Crippen LogP contribution in [0.1, 0.15) is 39.5 Å². The molecule has 2 nitrogen and oxygen atoms in total. The molecule has 0 aliphatic heterocycles. The maximum Gasteiger partial charge on any atom is 0.166 e. The van der Waals surface area contributed by atoms with Crippen LogP contribution in [0.4, 0.5) is 0 Å². The van der Waals surface area contributed by atoms with Crippen molar-refractivity contribution in [2.24, 2.45) is 0 Å². The Morgan fingerprint density at radius 2 is 2.17 bits per heavy atom. The van der Waals surface area contributed by atoms with Crippen molar-refractivity contribution in [2.75, 3.05) is 6.54 Å². The van der Waals surface area contributed by atoms with Crippen molar-refractivity contribution in [3.05, 3.63) is 0 Å². The molecule has 0 aromatic carbocycles. The van der Waals surface area contributed by atoms with Crippen LogP contribution in [0.25, 0.3) is 0 Å². The van der Waals surface area contributed by atoms with Gasteiger partial charge in [-0.05, 0) is 44.8 Å². The van der Waals surface area contributed by atoms with Gasteiger partial charge >= 0.3 is 0 Å². The summed E-state index contributed by atoms with van der Waals surface area (Å²) in [5, 5.41) is 7.34. The average Bonchev–Trinajstić information content (AvgIpc) is 1.98. The summed E-state index contributed by atoms with van der Waals surface area (Å²) in [6, 6.07) is 0. The lowest BCUT2D eigenvalue weighted by atomic mass is 9.79. The normalized spacial score (nSPS) is 19.5. The quantitative estimate of drug-likeness (QED) is 0.657. The second-order valence-corrected chi connectivity index (χ2v) is 4.20. The highest BCUT2D eigenvalue weighted by atomic mass is 32.1. The highest BCUT2D eigenvalue weighted by Gasteiger charge is 2.31. The maximum absolute atomic E-state index is 5.15. The fraction of sp³-hybridized carbons (Fsp3) is 0.889. The molecule has 0 heterocycles. The molecule has 1 fully saturated rings. The minimum absolute atomic E-state index is 0.290. The molecule has 1 rings (SSSR count). The van der Waals surface area contributed by atoms with Crippen molar-refractivity contribution in [3.63, 3.8) is 0 Å². The molecule has 1 aliphatic rings. The molecule has 1 saturated carbocycles. The average molecular weight is 186 g/mol. The molecule has 1 aliphatic carbocycles. The van der Waals surface area contributed by atoms with Crippen molar-refractivity contribution < 1.29 is 0 Å². The lowest BCUT2D eigenvalue weighted by Gasteiger charge is -2.40. The molecule has 12 heavy (non-hydrogen) atoms. The van der Waals surface area contributed by atoms with E-state index in [1.165, 1.54) is 19.3 Å². The highest BCUT2D eigenvalue weighted by Crippen LogP contribution is 2.30. The molecule has 0 unspecified atom stereocenters. The maximum atomic E-state index is 5.15. The highest BCUT2D eigenvalue weighted by molar-refractivity contribution is 7.80. The van der Waals surface area contributed by atoms with E-state index in [-0.39, 0.29) is 5.54 Å². The number of hydrogen-bond acceptors (Lipinski definition) is 1. The van der Waals surface area contributed by atoms with E-state index in [0.717, 1.165) is 18.1 Å². The van der Waals surface area contributed by atoms with Crippen molar-refractivity contribution in [1.29, 1.82) is 0 Å². The first-order valence-electron chi connectivity index (χ1n) is 4.72. The fourth-order valence-electron chi connectivity index (χ4n) is 1.39. The van der Waals surface area contributed by atoms with E-state index in [1.807, 2.05) is 0 Å². The molecule has 2 N–H and O–H groups in total. The van der Waals surface area contributed by atoms with Gasteiger partial charge < -0.3 is 10.6 Å². The first-order chi connectivity index (χ1) is 5.66. The summed E-state index contributed by atoms with van der Waals surface area (Å²) in [5.74, 6) is 0. The van der Waals surface area contributed by atoms with Gasteiger partial charge in [0.05, 0.1) is 0 Å². The van der Waals surface area contributed by atoms with Gasteiger partial charge in [-0.25, -0.2) is 0 Å². The largest absolute Gasteiger partial charge is 0.363 e. The van der Waals surface area contributed by atoms with E-state index in [1.54, 1.807) is 0 Å². The van der Waals surface area contributed by atoms with Gasteiger partial charge in [0.25, 0.3) is 0 Å². The van der Waals surface area contributed by atoms with Gasteiger partial charge in [0.1, 0.15) is 0 Å². The smallest absolute Gasteiger partial charge is 0.166 e. The molecule has 0 atom stereocenters. The Hall–Kier alpha value is -0.310. The molecule has 0 aromatic heterocycles. The van der Waals surface area contributed by atoms with Crippen LogP contribution in [0, 0.1) is 0 Å². The zero-order valence-electron chi connectivity index (χ0n) is 7.94. The summed E-state index contributed by atoms with van der Waals surface area (Å²) in [7, 11) is 0. The molecule has 0 amide bonds. The molecule has 0 aromatic rings. The van der Waals surface area contributed by atoms with Crippen LogP contribution >= 0.6 is 12.2 Å². The Labute approximate surface area is 80.1 Å². The van der Waals surface area contributed by atoms with Gasteiger partial charge in [-0.2, -0.15) is 0 Å². The van der Waals surface area contributed by atoms with Crippen molar-refractivity contribution >= 4 is 17.3 Å². The molecule has 0 radical (unpaired) electrons. The van der Waals surface area contributed by atoms with Crippen molar-refractivity contribution in [1.82, 2.24) is 10.6 Å². The van der Waals surface area contributed by atoms with Crippen LogP contribution < -0.4 is 10.6 Å². The minimum atomic E-state index is 0.290. The van der Waals surface area contributed by atoms with E-state index in [2.05, 4.69) is 24.5 Å². The predicted molar refractivity (Wildman–Crippen MR) is 56.3 cm³/mol. The molecule has 0 spiro atoms. The number of rotatable bonds is 3. The van der Waals surface area contributed by atoms with Gasteiger partial charge in [-0.15, -0.1) is 0 Å². The third-order valence-corrected chi connectivity index (χ3v) is 2.65. The Morgan fingerprint density at radius 3 is 2.58 bits per heavy atom. The molecule has 0 saturated heterocycles. The molecule has 0 bridgehead atoms. The first-order valence-corrected chi connectivity index (χ1v) is 5.13. The van der Waals surface area contributed by atoms with E-state index in [0.29, 0.717) is 0 Å². The third-order valence-electron chi connectivity index (χ3n) is 2.41. The van der Waals surface area contributed by atoms with E-state index in [4.69, 9.17) is 12.2 Å². The van der Waals surface area contributed by atoms with Gasteiger partial charge in [0.2, 0.25) is 0 Å². The van der Waals surface area contributed by atoms with Crippen LogP contribution in [0.3, 0.4) is 0 Å². The molecular weight excluding hydrogens is 168 g/mol. The van der Waals surface area contributed by atoms with Crippen LogP contribution in [0.5, 0.6) is 0 Å². The number of nitrogens with one attached hydrogen (secondary N) is 2. The van der Waals surface area contributed by atoms with E-state index in [9.17, 15) is 0 Å². The standard InChI is InChI=1S/C9H18N2S/c1-3-7-10-8(12)11-9(2)5-4-6-9/h3-7H2,1-2H3,(H2,10,11,12). The Balaban J connectivity index is 2.16. The summed E-state index contributed by atoms with van der Waals surface area (Å²) in [5.41, 5.74) is 0.290. The molecular formula is C9H18N2S. The van der Waals surface area contributed by atoms with Crippen LogP contribution in [-0.2, 0) is 0 Å². The lowest BCUT2D eigenvalue weighted by molar-refractivity contribution is 0.243. The van der Waals surface area contributed by atoms with Gasteiger partial charge in [-0.1, -0.05) is 6.92 Å². The Kier molecular flexibility index (Phi) is 3.32. The van der Waals surface area contributed by atoms with Gasteiger partial charge in [0.15, 0.2) is 5.11 Å². The summed E-state index contributed by atoms with van der Waals surface area (Å²) in [6.07, 6.45) is 4.96. The minimum Gasteiger partial charge on any atom is -0.363 e. The number of thiocarbonyl (C=S) groups is 1. The predicted octanol–water partition coefficient (Wildman–Crippen LogP) is 1.80. The topological polar surface area (TPSA) is 24.1 Å². The summed E-state index contributed by atoms with van der Waals surface area (Å²) < 4.78 is 0. The monoisotopic (exact) mass is 186 g/mol. The van der Waals surface area contributed by atoms with Crippen LogP contribution in [0.2, 0.25) is 0 Å². The van der Waals surface area contributed by atoms with Gasteiger partial charge in [-0.3, -0.25) is 0 Å². The SMILES string of the molecule is CCCNC(=S)NC1(C)CCC1. The van der Waals surface area contributed by atoms with E-state index >= 15 is 0 Å². The lowest BCUT2D eigenvalue weighted by Crippen LogP contribution is -2.54.